The molecule has 0 radical (unpaired) electrons. The lowest BCUT2D eigenvalue weighted by Crippen LogP contribution is -2.66. The summed E-state index contributed by atoms with van der Waals surface area (Å²) in [7, 11) is 4.67. The van der Waals surface area contributed by atoms with Gasteiger partial charge in [-0.15, -0.1) is 0 Å². The Morgan fingerprint density at radius 1 is 0.479 bits per heavy atom. The van der Waals surface area contributed by atoms with Crippen LogP contribution in [0.3, 0.4) is 0 Å². The first-order chi connectivity index (χ1) is 44.4. The van der Waals surface area contributed by atoms with Crippen molar-refractivity contribution in [3.8, 4) is 23.0 Å². The van der Waals surface area contributed by atoms with E-state index in [1.165, 1.54) is 103 Å². The van der Waals surface area contributed by atoms with E-state index < -0.39 is 35.6 Å². The van der Waals surface area contributed by atoms with Crippen molar-refractivity contribution >= 4 is 41.6 Å². The van der Waals surface area contributed by atoms with Crippen LogP contribution in [0.2, 0.25) is 0 Å². The molecule has 17 fully saturated rings. The fourth-order valence-corrected chi connectivity index (χ4v) is 27.1. The molecule has 2 aromatic rings. The van der Waals surface area contributed by atoms with Crippen molar-refractivity contribution in [2.75, 3.05) is 34.5 Å². The van der Waals surface area contributed by atoms with Gasteiger partial charge in [0.25, 0.3) is 0 Å². The second-order valence-electron chi connectivity index (χ2n) is 37.1. The summed E-state index contributed by atoms with van der Waals surface area (Å²) in [6.07, 6.45) is 29.1. The summed E-state index contributed by atoms with van der Waals surface area (Å²) in [6, 6.07) is 10.9. The minimum absolute atomic E-state index is 0. The van der Waals surface area contributed by atoms with Crippen LogP contribution < -0.4 is 40.6 Å². The molecule has 16 aliphatic carbocycles. The molecule has 19 rings (SSSR count). The Kier molecular flexibility index (Phi) is 18.6. The molecule has 16 saturated carbocycles. The van der Waals surface area contributed by atoms with Crippen molar-refractivity contribution in [2.45, 2.75) is 259 Å². The van der Waals surface area contributed by atoms with Crippen LogP contribution in [-0.2, 0) is 55.9 Å². The third-order valence-corrected chi connectivity index (χ3v) is 25.7. The van der Waals surface area contributed by atoms with Crippen molar-refractivity contribution in [2.24, 2.45) is 84.6 Å². The van der Waals surface area contributed by atoms with E-state index in [0.717, 1.165) is 74.8 Å². The lowest BCUT2D eigenvalue weighted by Gasteiger charge is -2.65. The van der Waals surface area contributed by atoms with Crippen LogP contribution in [0.15, 0.2) is 36.4 Å². The fourth-order valence-electron chi connectivity index (χ4n) is 27.1. The monoisotopic (exact) mass is 1330 g/mol. The Balaban J connectivity index is 0.000000147. The number of benzene rings is 2. The highest BCUT2D eigenvalue weighted by atomic mass is 16.6. The molecular formula is C78H114N4O14. The van der Waals surface area contributed by atoms with Gasteiger partial charge in [0.05, 0.1) is 40.5 Å². The molecule has 10 atom stereocenters. The Morgan fingerprint density at radius 3 is 1.20 bits per heavy atom. The largest absolute Gasteiger partial charge is 0.493 e. The average molecular weight is 1330 g/mol. The number of carboxylic acids is 1. The van der Waals surface area contributed by atoms with Gasteiger partial charge in [0.2, 0.25) is 0 Å². The van der Waals surface area contributed by atoms with Crippen LogP contribution in [0.5, 0.6) is 23.0 Å². The summed E-state index contributed by atoms with van der Waals surface area (Å²) < 4.78 is 32.1. The minimum atomic E-state index is -1.36. The number of hydrogen-bond acceptors (Lipinski definition) is 14. The number of carbonyl (C=O) groups is 7. The Bertz CT molecular complexity index is 3290. The summed E-state index contributed by atoms with van der Waals surface area (Å²) in [4.78, 5) is 84.8. The molecule has 1 saturated heterocycles. The van der Waals surface area contributed by atoms with E-state index >= 15 is 0 Å². The second kappa shape index (κ2) is 25.1. The number of esters is 3. The van der Waals surface area contributed by atoms with Gasteiger partial charge in [-0.25, -0.2) is 14.4 Å². The number of carboxylic acid groups (broad SMARTS) is 1. The van der Waals surface area contributed by atoms with Gasteiger partial charge in [-0.2, -0.15) is 0 Å². The van der Waals surface area contributed by atoms with Crippen molar-refractivity contribution in [1.29, 1.82) is 0 Å². The van der Waals surface area contributed by atoms with Gasteiger partial charge in [-0.1, -0.05) is 74.9 Å². The van der Waals surface area contributed by atoms with Crippen LogP contribution in [0, 0.1) is 78.8 Å². The fraction of sp³-hybridized carbons (Fsp3) is 0.756. The maximum absolute atomic E-state index is 13.1. The molecule has 8 unspecified atom stereocenters. The molecule has 3 amide bonds. The molecule has 6 N–H and O–H groups in total. The molecule has 18 nitrogen and oxygen atoms in total. The Hall–Kier alpha value is -5.91. The van der Waals surface area contributed by atoms with Gasteiger partial charge in [-0.3, -0.25) is 19.2 Å². The maximum atomic E-state index is 13.1. The Morgan fingerprint density at radius 2 is 0.833 bits per heavy atom. The molecule has 96 heavy (non-hydrogen) atoms. The first-order valence-corrected chi connectivity index (χ1v) is 35.8. The van der Waals surface area contributed by atoms with Gasteiger partial charge in [0.1, 0.15) is 0 Å². The van der Waals surface area contributed by atoms with E-state index in [4.69, 9.17) is 39.3 Å². The lowest BCUT2D eigenvalue weighted by molar-refractivity contribution is -0.160. The SMILES string of the molecule is C.CC12CC3CC(C)(C1)CC(N)(C3)C2.CC12CC3CC(C)(C1)CC(NC(=O)C(=O)O)(C3)C2.CCOC(=O)C(=O)NC12CC3CC(C)(CC(C)(C3)C1)C2.COc1ccc(C[C@H]2COC(=O)[C@@H]2Cc2ccc(OC(=O)C(=O)NC34CC5CC(C)(CC(C)(C5)C3)C4)c(OC)c2)cc1OC. The van der Waals surface area contributed by atoms with Crippen LogP contribution in [0.1, 0.15) is 235 Å². The second-order valence-corrected chi connectivity index (χ2v) is 37.1. The number of carbonyl (C=O) groups excluding carboxylic acids is 6. The topological polar surface area (TPSA) is 257 Å². The van der Waals surface area contributed by atoms with Crippen molar-refractivity contribution in [3.63, 3.8) is 0 Å². The third kappa shape index (κ3) is 14.7. The summed E-state index contributed by atoms with van der Waals surface area (Å²) in [5, 5.41) is 17.8. The summed E-state index contributed by atoms with van der Waals surface area (Å²) >= 11 is 0. The van der Waals surface area contributed by atoms with E-state index in [1.807, 2.05) is 18.2 Å². The normalized spacial score (nSPS) is 41.9. The van der Waals surface area contributed by atoms with E-state index in [9.17, 15) is 33.6 Å². The first-order valence-electron chi connectivity index (χ1n) is 35.8. The van der Waals surface area contributed by atoms with Crippen molar-refractivity contribution in [1.82, 2.24) is 16.0 Å². The zero-order chi connectivity index (χ0) is 68.4. The van der Waals surface area contributed by atoms with Gasteiger partial charge in [0.15, 0.2) is 23.0 Å². The van der Waals surface area contributed by atoms with Gasteiger partial charge in [0, 0.05) is 28.1 Å². The number of ether oxygens (including phenoxy) is 6. The van der Waals surface area contributed by atoms with Crippen LogP contribution >= 0.6 is 0 Å². The van der Waals surface area contributed by atoms with E-state index in [0.29, 0.717) is 86.9 Å². The lowest BCUT2D eigenvalue weighted by atomic mass is 9.42. The first kappa shape index (κ1) is 71.4. The van der Waals surface area contributed by atoms with Crippen molar-refractivity contribution in [3.05, 3.63) is 47.5 Å². The highest BCUT2D eigenvalue weighted by molar-refractivity contribution is 6.33. The minimum Gasteiger partial charge on any atom is -0.493 e. The molecule has 16 bridgehead atoms. The van der Waals surface area contributed by atoms with Crippen LogP contribution in [-0.4, -0.2) is 103 Å². The molecule has 0 aromatic heterocycles. The van der Waals surface area contributed by atoms with Crippen LogP contribution in [0.25, 0.3) is 0 Å². The molecule has 530 valence electrons. The number of amides is 3. The van der Waals surface area contributed by atoms with E-state index in [-0.39, 0.29) is 70.6 Å². The smallest absolute Gasteiger partial charge is 0.402 e. The van der Waals surface area contributed by atoms with Crippen LogP contribution in [0.4, 0.5) is 0 Å². The maximum Gasteiger partial charge on any atom is 0.402 e. The predicted molar refractivity (Wildman–Crippen MR) is 364 cm³/mol. The summed E-state index contributed by atoms with van der Waals surface area (Å²) in [5.74, 6) is -1.10. The number of hydrogen-bond donors (Lipinski definition) is 5. The molecule has 0 spiro atoms. The number of aliphatic carboxylic acids is 1. The average Bonchev–Trinajstić information content (AvgIpc) is 0.813. The highest BCUT2D eigenvalue weighted by Gasteiger charge is 2.64. The van der Waals surface area contributed by atoms with Crippen molar-refractivity contribution < 1.29 is 67.1 Å². The zero-order valence-electron chi connectivity index (χ0n) is 59.1. The quantitative estimate of drug-likeness (QED) is 0.0752. The zero-order valence-corrected chi connectivity index (χ0v) is 59.1. The van der Waals surface area contributed by atoms with Gasteiger partial charge in [-0.05, 0) is 276 Å². The molecule has 17 aliphatic rings. The molecular weight excluding hydrogens is 1220 g/mol. The van der Waals surface area contributed by atoms with Gasteiger partial charge >= 0.3 is 41.6 Å². The number of rotatable bonds is 12. The number of nitrogens with two attached hydrogens (primary N) is 1. The predicted octanol–water partition coefficient (Wildman–Crippen LogP) is 12.7. The Labute approximate surface area is 570 Å². The molecule has 18 heteroatoms. The highest BCUT2D eigenvalue weighted by Crippen LogP contribution is 2.70. The van der Waals surface area contributed by atoms with E-state index in [1.54, 1.807) is 39.3 Å². The van der Waals surface area contributed by atoms with E-state index in [2.05, 4.69) is 71.3 Å². The molecule has 1 heterocycles. The standard InChI is InChI=1S/C35H43NO8.C16H25NO3.C14H21NO3.C12H21N.CH4/c1-33-14-23-15-34(2,18-33)20-35(16-23,19-33)36-30(37)32(39)44-27-9-7-22(13-29(27)42-5)11-25-24(17-43-31(25)38)10-21-6-8-26(40-3)28(12-21)41-4;1-4-20-13(19)12(18)17-16-7-11-5-14(2,9-16)8-15(3,6-11)10-16;1-12-3-9-4-13(2,6-12)8-14(5-9,7-12)15-10(16)11(17)18;1-10-3-9-4-11(2,6-10)8-12(13,5-9)7-10;/h6-9,12-13,23-25H,10-11,14-20H2,1-5H3,(H,36,37);11H,4-10H2,1-3H3,(H,17,18);9H,3-8H2,1-2H3,(H,15,16)(H,17,18);9H,3-8,13H2,1-2H3;1H4/t23?,24-,25+,33?,34?,35?;;;;/m0..../s1. The summed E-state index contributed by atoms with van der Waals surface area (Å²) in [6.45, 7) is 21.2. The number of methoxy groups -OCH3 is 3. The summed E-state index contributed by atoms with van der Waals surface area (Å²) in [5.41, 5.74) is 10.6. The third-order valence-electron chi connectivity index (χ3n) is 25.7. The van der Waals surface area contributed by atoms with Gasteiger partial charge < -0.3 is 55.2 Å². The number of nitrogens with one attached hydrogen (secondary N) is 3. The molecule has 1 aliphatic heterocycles. The molecule has 2 aromatic carbocycles. The number of cyclic esters (lactones) is 1.